The minimum atomic E-state index is -0.999. The minimum absolute atomic E-state index is 0.304. The molecule has 2 atom stereocenters. The Morgan fingerprint density at radius 3 is 2.54 bits per heavy atom. The van der Waals surface area contributed by atoms with Crippen LogP contribution in [-0.2, 0) is 9.59 Å². The van der Waals surface area contributed by atoms with Crippen LogP contribution in [0.5, 0.6) is 0 Å². The van der Waals surface area contributed by atoms with Crippen molar-refractivity contribution in [1.82, 2.24) is 0 Å². The number of carbonyl (C=O) groups excluding carboxylic acids is 1. The molecule has 1 aliphatic carbocycles. The smallest absolute Gasteiger partial charge is 0.307 e. The van der Waals surface area contributed by atoms with Crippen LogP contribution in [0.1, 0.15) is 23.3 Å². The van der Waals surface area contributed by atoms with Crippen LogP contribution >= 0.6 is 34.5 Å². The first kappa shape index (κ1) is 20.4. The lowest BCUT2D eigenvalue weighted by Gasteiger charge is -2.23. The highest BCUT2D eigenvalue weighted by Gasteiger charge is 2.34. The predicted molar refractivity (Wildman–Crippen MR) is 111 cm³/mol. The molecular formula is C20H16Cl2N2O3S. The van der Waals surface area contributed by atoms with Crippen molar-refractivity contribution >= 4 is 51.4 Å². The quantitative estimate of drug-likeness (QED) is 0.620. The van der Waals surface area contributed by atoms with Gasteiger partial charge in [0, 0.05) is 26.0 Å². The van der Waals surface area contributed by atoms with E-state index < -0.39 is 23.7 Å². The molecule has 0 unspecified atom stereocenters. The first-order valence-corrected chi connectivity index (χ1v) is 10.1. The van der Waals surface area contributed by atoms with E-state index in [1.165, 1.54) is 11.3 Å². The van der Waals surface area contributed by atoms with E-state index in [9.17, 15) is 20.0 Å². The molecule has 3 rings (SSSR count). The van der Waals surface area contributed by atoms with Gasteiger partial charge in [0.2, 0.25) is 5.91 Å². The molecule has 1 heterocycles. The lowest BCUT2D eigenvalue weighted by molar-refractivity contribution is -0.146. The second kappa shape index (κ2) is 8.36. The average Bonchev–Trinajstić information content (AvgIpc) is 2.96. The molecule has 1 amide bonds. The van der Waals surface area contributed by atoms with E-state index in [-0.39, 0.29) is 0 Å². The number of nitrogens with one attached hydrogen (secondary N) is 1. The van der Waals surface area contributed by atoms with E-state index in [0.717, 1.165) is 4.88 Å². The Morgan fingerprint density at radius 1 is 1.25 bits per heavy atom. The first-order chi connectivity index (χ1) is 13.3. The van der Waals surface area contributed by atoms with Crippen LogP contribution in [0.2, 0.25) is 10.0 Å². The molecule has 5 nitrogen and oxygen atoms in total. The van der Waals surface area contributed by atoms with Crippen molar-refractivity contribution < 1.29 is 14.7 Å². The molecule has 28 heavy (non-hydrogen) atoms. The average molecular weight is 435 g/mol. The maximum absolute atomic E-state index is 12.8. The largest absolute Gasteiger partial charge is 0.481 e. The summed E-state index contributed by atoms with van der Waals surface area (Å²) in [5.41, 5.74) is 1.60. The monoisotopic (exact) mass is 434 g/mol. The zero-order valence-electron chi connectivity index (χ0n) is 14.8. The summed E-state index contributed by atoms with van der Waals surface area (Å²) in [5, 5.41) is 23.2. The molecule has 0 aliphatic heterocycles. The van der Waals surface area contributed by atoms with Gasteiger partial charge in [0.1, 0.15) is 11.1 Å². The van der Waals surface area contributed by atoms with Crippen LogP contribution in [0, 0.1) is 30.1 Å². The number of nitrogens with zero attached hydrogens (tertiary/aromatic N) is 1. The lowest BCUT2D eigenvalue weighted by atomic mass is 9.82. The summed E-state index contributed by atoms with van der Waals surface area (Å²) in [6, 6.07) is 7.16. The fourth-order valence-electron chi connectivity index (χ4n) is 3.34. The normalized spacial score (nSPS) is 18.5. The zero-order chi connectivity index (χ0) is 20.4. The molecule has 1 aliphatic rings. The van der Waals surface area contributed by atoms with Gasteiger partial charge in [0.25, 0.3) is 0 Å². The van der Waals surface area contributed by atoms with Crippen molar-refractivity contribution in [3.05, 3.63) is 50.8 Å². The predicted octanol–water partition coefficient (Wildman–Crippen LogP) is 5.51. The highest BCUT2D eigenvalue weighted by atomic mass is 35.5. The van der Waals surface area contributed by atoms with E-state index in [2.05, 4.69) is 11.4 Å². The SMILES string of the molecule is Cc1sc(NC(=O)[C@@H]2CC=CC[C@H]2C(=O)O)c(C#N)c1-c1ccc(Cl)cc1Cl. The van der Waals surface area contributed by atoms with Gasteiger partial charge < -0.3 is 10.4 Å². The third-order valence-corrected chi connectivity index (χ3v) is 6.29. The van der Waals surface area contributed by atoms with Crippen LogP contribution in [0.3, 0.4) is 0 Å². The molecule has 2 N–H and O–H groups in total. The van der Waals surface area contributed by atoms with E-state index in [4.69, 9.17) is 23.2 Å². The van der Waals surface area contributed by atoms with E-state index >= 15 is 0 Å². The number of aliphatic carboxylic acids is 1. The fourth-order valence-corrected chi connectivity index (χ4v) is 4.86. The number of rotatable bonds is 4. The number of carbonyl (C=O) groups is 2. The fraction of sp³-hybridized carbons (Fsp3) is 0.250. The summed E-state index contributed by atoms with van der Waals surface area (Å²) < 4.78 is 0. The van der Waals surface area contributed by atoms with Crippen molar-refractivity contribution in [2.75, 3.05) is 5.32 Å². The van der Waals surface area contributed by atoms with Crippen LogP contribution in [0.25, 0.3) is 11.1 Å². The number of thiophene rings is 1. The minimum Gasteiger partial charge on any atom is -0.481 e. The lowest BCUT2D eigenvalue weighted by Crippen LogP contribution is -2.34. The molecule has 144 valence electrons. The number of halogens is 2. The molecule has 0 fully saturated rings. The number of allylic oxidation sites excluding steroid dienone is 2. The molecular weight excluding hydrogens is 419 g/mol. The van der Waals surface area contributed by atoms with Gasteiger partial charge in [-0.1, -0.05) is 41.4 Å². The number of carboxylic acid groups (broad SMARTS) is 1. The van der Waals surface area contributed by atoms with Crippen LogP contribution in [0.15, 0.2) is 30.4 Å². The Hall–Kier alpha value is -2.33. The van der Waals surface area contributed by atoms with Gasteiger partial charge in [-0.05, 0) is 31.9 Å². The van der Waals surface area contributed by atoms with Crippen molar-refractivity contribution in [2.45, 2.75) is 19.8 Å². The molecule has 1 aromatic carbocycles. The number of aryl methyl sites for hydroxylation is 1. The number of carboxylic acids is 1. The molecule has 0 spiro atoms. The molecule has 0 saturated carbocycles. The Kier molecular flexibility index (Phi) is 6.09. The summed E-state index contributed by atoms with van der Waals surface area (Å²) in [4.78, 5) is 25.0. The molecule has 1 aromatic heterocycles. The Morgan fingerprint density at radius 2 is 1.93 bits per heavy atom. The number of amides is 1. The van der Waals surface area contributed by atoms with Crippen LogP contribution in [-0.4, -0.2) is 17.0 Å². The molecule has 2 aromatic rings. The summed E-state index contributed by atoms with van der Waals surface area (Å²) >= 11 is 13.5. The first-order valence-electron chi connectivity index (χ1n) is 8.51. The third-order valence-electron chi connectivity index (χ3n) is 4.72. The van der Waals surface area contributed by atoms with Crippen LogP contribution in [0.4, 0.5) is 5.00 Å². The van der Waals surface area contributed by atoms with Crippen molar-refractivity contribution in [3.8, 4) is 17.2 Å². The van der Waals surface area contributed by atoms with E-state index in [0.29, 0.717) is 44.6 Å². The summed E-state index contributed by atoms with van der Waals surface area (Å²) in [5.74, 6) is -2.86. The summed E-state index contributed by atoms with van der Waals surface area (Å²) in [6.07, 6.45) is 4.26. The topological polar surface area (TPSA) is 90.2 Å². The molecule has 0 saturated heterocycles. The highest BCUT2D eigenvalue weighted by Crippen LogP contribution is 2.43. The second-order valence-electron chi connectivity index (χ2n) is 6.46. The van der Waals surface area contributed by atoms with Gasteiger partial charge in [-0.2, -0.15) is 5.26 Å². The van der Waals surface area contributed by atoms with Crippen molar-refractivity contribution in [3.63, 3.8) is 0 Å². The number of anilines is 1. The Balaban J connectivity index is 1.96. The van der Waals surface area contributed by atoms with Gasteiger partial charge in [-0.15, -0.1) is 11.3 Å². The highest BCUT2D eigenvalue weighted by molar-refractivity contribution is 7.17. The van der Waals surface area contributed by atoms with Gasteiger partial charge in [0.05, 0.1) is 17.4 Å². The summed E-state index contributed by atoms with van der Waals surface area (Å²) in [7, 11) is 0. The van der Waals surface area contributed by atoms with E-state index in [1.807, 2.05) is 13.0 Å². The molecule has 0 bridgehead atoms. The number of nitriles is 1. The standard InChI is InChI=1S/C20H16Cl2N2O3S/c1-10-17(14-7-6-11(21)8-16(14)22)15(9-23)19(28-10)24-18(25)12-4-2-3-5-13(12)20(26)27/h2-3,6-8,12-13H,4-5H2,1H3,(H,24,25)(H,26,27)/t12-,13-/m1/s1. The number of hydrogen-bond acceptors (Lipinski definition) is 4. The van der Waals surface area contributed by atoms with Crippen molar-refractivity contribution in [2.24, 2.45) is 11.8 Å². The van der Waals surface area contributed by atoms with Crippen LogP contribution < -0.4 is 5.32 Å². The maximum Gasteiger partial charge on any atom is 0.307 e. The Labute approximate surface area is 176 Å². The molecule has 0 radical (unpaired) electrons. The number of benzene rings is 1. The molecule has 8 heteroatoms. The van der Waals surface area contributed by atoms with Crippen molar-refractivity contribution in [1.29, 1.82) is 5.26 Å². The van der Waals surface area contributed by atoms with Gasteiger partial charge >= 0.3 is 5.97 Å². The van der Waals surface area contributed by atoms with Gasteiger partial charge in [0.15, 0.2) is 0 Å². The Bertz CT molecular complexity index is 1020. The summed E-state index contributed by atoms with van der Waals surface area (Å²) in [6.45, 7) is 1.84. The maximum atomic E-state index is 12.8. The zero-order valence-corrected chi connectivity index (χ0v) is 17.2. The number of hydrogen-bond donors (Lipinski definition) is 2. The van der Waals surface area contributed by atoms with Gasteiger partial charge in [-0.25, -0.2) is 0 Å². The second-order valence-corrected chi connectivity index (χ2v) is 8.53. The van der Waals surface area contributed by atoms with Gasteiger partial charge in [-0.3, -0.25) is 9.59 Å². The third kappa shape index (κ3) is 3.93. The van der Waals surface area contributed by atoms with E-state index in [1.54, 1.807) is 24.3 Å².